The molecule has 1 fully saturated rings. The van der Waals surface area contributed by atoms with Crippen molar-refractivity contribution in [2.75, 3.05) is 6.54 Å². The van der Waals surface area contributed by atoms with E-state index >= 15 is 0 Å². The first-order valence-corrected chi connectivity index (χ1v) is 7.58. The smallest absolute Gasteiger partial charge is 0.0164 e. The standard InChI is InChI=1S/C17H27N/c1-3-17(12-8-9-13-17)16(18-4-2)14-15-10-6-5-7-11-15/h5-7,10-11,16,18H,3-4,8-9,12-14H2,1-2H3. The molecule has 1 heteroatoms. The van der Waals surface area contributed by atoms with E-state index in [0.717, 1.165) is 6.54 Å². The minimum atomic E-state index is 0.547. The fourth-order valence-electron chi connectivity index (χ4n) is 3.63. The molecule has 1 aromatic carbocycles. The van der Waals surface area contributed by atoms with Crippen LogP contribution in [-0.2, 0) is 6.42 Å². The van der Waals surface area contributed by atoms with Crippen LogP contribution in [0.5, 0.6) is 0 Å². The van der Waals surface area contributed by atoms with E-state index in [4.69, 9.17) is 0 Å². The summed E-state index contributed by atoms with van der Waals surface area (Å²) in [6, 6.07) is 11.6. The van der Waals surface area contributed by atoms with Crippen molar-refractivity contribution < 1.29 is 0 Å². The van der Waals surface area contributed by atoms with Crippen LogP contribution in [0, 0.1) is 5.41 Å². The first-order chi connectivity index (χ1) is 8.80. The third-order valence-corrected chi connectivity index (χ3v) is 4.78. The van der Waals surface area contributed by atoms with Crippen LogP contribution in [0.4, 0.5) is 0 Å². The molecule has 0 spiro atoms. The number of hydrogen-bond donors (Lipinski definition) is 1. The summed E-state index contributed by atoms with van der Waals surface area (Å²) in [7, 11) is 0. The highest BCUT2D eigenvalue weighted by Gasteiger charge is 2.39. The largest absolute Gasteiger partial charge is 0.313 e. The minimum absolute atomic E-state index is 0.547. The third kappa shape index (κ3) is 2.95. The molecule has 1 unspecified atom stereocenters. The van der Waals surface area contributed by atoms with Gasteiger partial charge in [-0.25, -0.2) is 0 Å². The Morgan fingerprint density at radius 2 is 1.78 bits per heavy atom. The Labute approximate surface area is 112 Å². The highest BCUT2D eigenvalue weighted by Crippen LogP contribution is 2.44. The summed E-state index contributed by atoms with van der Waals surface area (Å²) < 4.78 is 0. The van der Waals surface area contributed by atoms with Crippen LogP contribution in [0.2, 0.25) is 0 Å². The van der Waals surface area contributed by atoms with Gasteiger partial charge in [0.05, 0.1) is 0 Å². The van der Waals surface area contributed by atoms with Crippen molar-refractivity contribution in [1.82, 2.24) is 5.32 Å². The van der Waals surface area contributed by atoms with Crippen LogP contribution in [-0.4, -0.2) is 12.6 Å². The zero-order chi connectivity index (χ0) is 12.8. The second-order valence-corrected chi connectivity index (χ2v) is 5.72. The monoisotopic (exact) mass is 245 g/mol. The predicted octanol–water partition coefficient (Wildman–Crippen LogP) is 4.18. The van der Waals surface area contributed by atoms with E-state index in [0.29, 0.717) is 11.5 Å². The van der Waals surface area contributed by atoms with E-state index < -0.39 is 0 Å². The Morgan fingerprint density at radius 3 is 2.33 bits per heavy atom. The summed E-state index contributed by atoms with van der Waals surface area (Å²) >= 11 is 0. The summed E-state index contributed by atoms with van der Waals surface area (Å²) in [6.45, 7) is 5.69. The van der Waals surface area contributed by atoms with Crippen LogP contribution in [0.15, 0.2) is 30.3 Å². The molecule has 0 aliphatic heterocycles. The van der Waals surface area contributed by atoms with Gasteiger partial charge < -0.3 is 5.32 Å². The Bertz CT molecular complexity index is 338. The van der Waals surface area contributed by atoms with E-state index in [1.165, 1.54) is 44.1 Å². The zero-order valence-corrected chi connectivity index (χ0v) is 11.9. The van der Waals surface area contributed by atoms with Crippen molar-refractivity contribution in [3.8, 4) is 0 Å². The summed E-state index contributed by atoms with van der Waals surface area (Å²) in [5.41, 5.74) is 2.02. The van der Waals surface area contributed by atoms with Gasteiger partial charge in [0.1, 0.15) is 0 Å². The number of rotatable bonds is 6. The average molecular weight is 245 g/mol. The van der Waals surface area contributed by atoms with Crippen molar-refractivity contribution in [3.63, 3.8) is 0 Å². The summed E-state index contributed by atoms with van der Waals surface area (Å²) in [4.78, 5) is 0. The lowest BCUT2D eigenvalue weighted by Crippen LogP contribution is -2.45. The lowest BCUT2D eigenvalue weighted by atomic mass is 9.74. The molecule has 1 nitrogen and oxygen atoms in total. The first kappa shape index (κ1) is 13.6. The molecule has 1 aliphatic carbocycles. The molecule has 1 N–H and O–H groups in total. The predicted molar refractivity (Wildman–Crippen MR) is 78.8 cm³/mol. The van der Waals surface area contributed by atoms with Gasteiger partial charge >= 0.3 is 0 Å². The van der Waals surface area contributed by atoms with Crippen LogP contribution in [0.3, 0.4) is 0 Å². The number of benzene rings is 1. The van der Waals surface area contributed by atoms with E-state index in [1.807, 2.05) is 0 Å². The second kappa shape index (κ2) is 6.38. The van der Waals surface area contributed by atoms with E-state index in [1.54, 1.807) is 0 Å². The molecule has 0 heterocycles. The normalized spacial score (nSPS) is 19.9. The van der Waals surface area contributed by atoms with Crippen molar-refractivity contribution in [3.05, 3.63) is 35.9 Å². The number of likely N-dealkylation sites (N-methyl/N-ethyl adjacent to an activating group) is 1. The lowest BCUT2D eigenvalue weighted by molar-refractivity contribution is 0.186. The van der Waals surface area contributed by atoms with Gasteiger partial charge in [-0.1, -0.05) is 57.0 Å². The molecular weight excluding hydrogens is 218 g/mol. The average Bonchev–Trinajstić information content (AvgIpc) is 2.89. The molecular formula is C17H27N. The van der Waals surface area contributed by atoms with Gasteiger partial charge in [0, 0.05) is 6.04 Å². The highest BCUT2D eigenvalue weighted by molar-refractivity contribution is 5.17. The zero-order valence-electron chi connectivity index (χ0n) is 11.9. The van der Waals surface area contributed by atoms with Gasteiger partial charge in [0.2, 0.25) is 0 Å². The van der Waals surface area contributed by atoms with E-state index in [2.05, 4.69) is 49.5 Å². The van der Waals surface area contributed by atoms with Crippen LogP contribution < -0.4 is 5.32 Å². The highest BCUT2D eigenvalue weighted by atomic mass is 14.9. The molecule has 0 bridgehead atoms. The van der Waals surface area contributed by atoms with Crippen molar-refractivity contribution in [1.29, 1.82) is 0 Å². The number of nitrogens with one attached hydrogen (secondary N) is 1. The quantitative estimate of drug-likeness (QED) is 0.793. The fourth-order valence-corrected chi connectivity index (χ4v) is 3.63. The maximum atomic E-state index is 3.76. The van der Waals surface area contributed by atoms with Crippen molar-refractivity contribution in [2.45, 2.75) is 58.4 Å². The Hall–Kier alpha value is -0.820. The minimum Gasteiger partial charge on any atom is -0.313 e. The molecule has 1 saturated carbocycles. The summed E-state index contributed by atoms with van der Waals surface area (Å²) in [5, 5.41) is 3.76. The van der Waals surface area contributed by atoms with Crippen molar-refractivity contribution in [2.24, 2.45) is 5.41 Å². The van der Waals surface area contributed by atoms with Crippen LogP contribution in [0.25, 0.3) is 0 Å². The summed E-state index contributed by atoms with van der Waals surface area (Å²) in [5.74, 6) is 0. The molecule has 0 amide bonds. The van der Waals surface area contributed by atoms with Gasteiger partial charge in [-0.2, -0.15) is 0 Å². The third-order valence-electron chi connectivity index (χ3n) is 4.78. The molecule has 0 saturated heterocycles. The maximum absolute atomic E-state index is 3.76. The molecule has 100 valence electrons. The Kier molecular flexibility index (Phi) is 4.82. The van der Waals surface area contributed by atoms with Gasteiger partial charge in [0.25, 0.3) is 0 Å². The van der Waals surface area contributed by atoms with Gasteiger partial charge in [-0.15, -0.1) is 0 Å². The first-order valence-electron chi connectivity index (χ1n) is 7.58. The van der Waals surface area contributed by atoms with Crippen LogP contribution in [0.1, 0.15) is 51.5 Å². The van der Waals surface area contributed by atoms with Crippen LogP contribution >= 0.6 is 0 Å². The molecule has 2 rings (SSSR count). The van der Waals surface area contributed by atoms with Gasteiger partial charge in [0.15, 0.2) is 0 Å². The molecule has 1 atom stereocenters. The second-order valence-electron chi connectivity index (χ2n) is 5.72. The SMILES string of the molecule is CCNC(Cc1ccccc1)C1(CC)CCCC1. The van der Waals surface area contributed by atoms with Crippen molar-refractivity contribution >= 4 is 0 Å². The van der Waals surface area contributed by atoms with E-state index in [9.17, 15) is 0 Å². The molecule has 0 radical (unpaired) electrons. The molecule has 1 aliphatic rings. The number of hydrogen-bond acceptors (Lipinski definition) is 1. The van der Waals surface area contributed by atoms with E-state index in [-0.39, 0.29) is 0 Å². The lowest BCUT2D eigenvalue weighted by Gasteiger charge is -2.38. The Balaban J connectivity index is 2.12. The van der Waals surface area contributed by atoms with Gasteiger partial charge in [-0.3, -0.25) is 0 Å². The molecule has 18 heavy (non-hydrogen) atoms. The topological polar surface area (TPSA) is 12.0 Å². The fraction of sp³-hybridized carbons (Fsp3) is 0.647. The summed E-state index contributed by atoms with van der Waals surface area (Å²) in [6.07, 6.45) is 8.16. The maximum Gasteiger partial charge on any atom is 0.0164 e. The van der Waals surface area contributed by atoms with Gasteiger partial charge in [-0.05, 0) is 43.2 Å². The molecule has 1 aromatic rings. The Morgan fingerprint density at radius 1 is 1.11 bits per heavy atom. The molecule has 0 aromatic heterocycles.